The molecule has 0 bridgehead atoms. The van der Waals surface area contributed by atoms with Gasteiger partial charge in [0, 0.05) is 16.0 Å². The highest BCUT2D eigenvalue weighted by Crippen LogP contribution is 2.43. The van der Waals surface area contributed by atoms with Crippen LogP contribution in [0.2, 0.25) is 0 Å². The molecule has 0 N–H and O–H groups in total. The van der Waals surface area contributed by atoms with E-state index in [0.29, 0.717) is 42.7 Å². The minimum atomic E-state index is -0.841. The first-order valence-electron chi connectivity index (χ1n) is 11.7. The lowest BCUT2D eigenvalue weighted by atomic mass is 9.88. The Balaban J connectivity index is 1.78. The van der Waals surface area contributed by atoms with Gasteiger partial charge >= 0.3 is 5.97 Å². The molecule has 1 saturated carbocycles. The molecule has 0 aliphatic heterocycles. The highest BCUT2D eigenvalue weighted by Gasteiger charge is 2.24. The van der Waals surface area contributed by atoms with Crippen LogP contribution in [0.25, 0.3) is 10.9 Å². The molecule has 3 aromatic rings. The maximum atomic E-state index is 13.5. The first-order chi connectivity index (χ1) is 17.3. The van der Waals surface area contributed by atoms with Crippen LogP contribution in [0.3, 0.4) is 0 Å². The van der Waals surface area contributed by atoms with Crippen LogP contribution >= 0.6 is 31.9 Å². The van der Waals surface area contributed by atoms with E-state index in [1.54, 1.807) is 25.3 Å². The molecule has 1 aliphatic rings. The van der Waals surface area contributed by atoms with Crippen molar-refractivity contribution in [1.29, 1.82) is 0 Å². The number of carbonyl (C=O) groups is 1. The van der Waals surface area contributed by atoms with Crippen molar-refractivity contribution in [2.24, 2.45) is 5.10 Å². The first kappa shape index (κ1) is 26.3. The minimum Gasteiger partial charge on any atom is -0.493 e. The summed E-state index contributed by atoms with van der Waals surface area (Å²) in [5.74, 6) is 1.08. The number of methoxy groups -OCH3 is 2. The van der Waals surface area contributed by atoms with Crippen LogP contribution in [0, 0.1) is 0 Å². The topological polar surface area (TPSA) is 92.0 Å². The number of esters is 1. The third-order valence-electron chi connectivity index (χ3n) is 6.26. The molecule has 1 aromatic heterocycles. The van der Waals surface area contributed by atoms with Crippen LogP contribution in [0.15, 0.2) is 49.2 Å². The summed E-state index contributed by atoms with van der Waals surface area (Å²) in [5.41, 5.74) is 1.12. The van der Waals surface area contributed by atoms with E-state index in [-0.39, 0.29) is 11.5 Å². The predicted molar refractivity (Wildman–Crippen MR) is 145 cm³/mol. The first-order valence-corrected chi connectivity index (χ1v) is 13.3. The number of fused-ring (bicyclic) bond motifs is 1. The summed E-state index contributed by atoms with van der Waals surface area (Å²) in [5, 5.41) is 5.13. The number of halogens is 2. The zero-order valence-corrected chi connectivity index (χ0v) is 23.5. The third-order valence-corrected chi connectivity index (χ3v) is 8.41. The van der Waals surface area contributed by atoms with Gasteiger partial charge in [0.1, 0.15) is 5.82 Å². The SMILES string of the molecule is COC(=O)[C@@H](C)Oc1c(OC)cc(C=Nn2c(C3CCCCC3)nc3ccccc3c2=O)c(Br)c1Br. The standard InChI is InChI=1S/C26H27Br2N3O5/c1-15(26(33)35-3)36-23-20(34-2)13-17(21(27)22(23)28)14-29-31-24(16-9-5-4-6-10-16)30-19-12-8-7-11-18(19)25(31)32/h7-8,11-16H,4-6,9-10H2,1-3H3/t15-/m1/s1. The number of benzene rings is 2. The average molecular weight is 621 g/mol. The lowest BCUT2D eigenvalue weighted by molar-refractivity contribution is -0.147. The molecule has 1 aliphatic carbocycles. The Morgan fingerprint density at radius 1 is 1.17 bits per heavy atom. The smallest absolute Gasteiger partial charge is 0.346 e. The molecule has 1 atom stereocenters. The minimum absolute atomic E-state index is 0.175. The van der Waals surface area contributed by atoms with Crippen molar-refractivity contribution in [3.8, 4) is 11.5 Å². The highest BCUT2D eigenvalue weighted by molar-refractivity contribution is 9.13. The fourth-order valence-electron chi connectivity index (χ4n) is 4.35. The molecule has 0 amide bonds. The van der Waals surface area contributed by atoms with Crippen molar-refractivity contribution in [1.82, 2.24) is 9.66 Å². The van der Waals surface area contributed by atoms with Crippen LogP contribution in [0.1, 0.15) is 56.3 Å². The molecule has 0 radical (unpaired) electrons. The molecule has 10 heteroatoms. The van der Waals surface area contributed by atoms with Gasteiger partial charge in [-0.3, -0.25) is 4.79 Å². The van der Waals surface area contributed by atoms with Crippen molar-refractivity contribution in [2.75, 3.05) is 14.2 Å². The van der Waals surface area contributed by atoms with Gasteiger partial charge in [-0.2, -0.15) is 9.78 Å². The molecule has 8 nitrogen and oxygen atoms in total. The summed E-state index contributed by atoms with van der Waals surface area (Å²) < 4.78 is 18.7. The Morgan fingerprint density at radius 2 is 1.89 bits per heavy atom. The van der Waals surface area contributed by atoms with Crippen molar-refractivity contribution in [3.05, 3.63) is 61.0 Å². The van der Waals surface area contributed by atoms with E-state index in [9.17, 15) is 9.59 Å². The Labute approximate surface area is 225 Å². The zero-order chi connectivity index (χ0) is 25.8. The van der Waals surface area contributed by atoms with E-state index in [0.717, 1.165) is 25.7 Å². The summed E-state index contributed by atoms with van der Waals surface area (Å²) in [6.07, 6.45) is 6.13. The van der Waals surface area contributed by atoms with Crippen LogP contribution < -0.4 is 15.0 Å². The molecule has 190 valence electrons. The maximum Gasteiger partial charge on any atom is 0.346 e. The molecular weight excluding hydrogens is 594 g/mol. The second-order valence-corrected chi connectivity index (χ2v) is 10.2. The number of nitrogens with zero attached hydrogens (tertiary/aromatic N) is 3. The van der Waals surface area contributed by atoms with Crippen LogP contribution in [-0.2, 0) is 9.53 Å². The van der Waals surface area contributed by atoms with Gasteiger partial charge in [-0.25, -0.2) is 9.78 Å². The lowest BCUT2D eigenvalue weighted by Gasteiger charge is -2.22. The number of rotatable bonds is 7. The molecule has 1 fully saturated rings. The lowest BCUT2D eigenvalue weighted by Crippen LogP contribution is -2.25. The molecule has 36 heavy (non-hydrogen) atoms. The van der Waals surface area contributed by atoms with Gasteiger partial charge in [0.25, 0.3) is 5.56 Å². The quantitative estimate of drug-likeness (QED) is 0.245. The molecular formula is C26H27Br2N3O5. The van der Waals surface area contributed by atoms with Crippen molar-refractivity contribution in [2.45, 2.75) is 51.0 Å². The van der Waals surface area contributed by atoms with Gasteiger partial charge in [0.05, 0.1) is 35.8 Å². The number of hydrogen-bond acceptors (Lipinski definition) is 7. The monoisotopic (exact) mass is 619 g/mol. The maximum absolute atomic E-state index is 13.5. The summed E-state index contributed by atoms with van der Waals surface area (Å²) >= 11 is 7.10. The molecule has 2 aromatic carbocycles. The predicted octanol–water partition coefficient (Wildman–Crippen LogP) is 5.80. The fraction of sp³-hybridized carbons (Fsp3) is 0.385. The average Bonchev–Trinajstić information content (AvgIpc) is 2.91. The van der Waals surface area contributed by atoms with Crippen LogP contribution in [0.5, 0.6) is 11.5 Å². The van der Waals surface area contributed by atoms with Crippen molar-refractivity contribution in [3.63, 3.8) is 0 Å². The van der Waals surface area contributed by atoms with E-state index < -0.39 is 12.1 Å². The van der Waals surface area contributed by atoms with E-state index in [2.05, 4.69) is 37.0 Å². The summed E-state index contributed by atoms with van der Waals surface area (Å²) in [6, 6.07) is 9.07. The Morgan fingerprint density at radius 3 is 2.58 bits per heavy atom. The van der Waals surface area contributed by atoms with Gasteiger partial charge in [0.2, 0.25) is 0 Å². The normalized spacial score (nSPS) is 15.2. The summed E-state index contributed by atoms with van der Waals surface area (Å²) in [6.45, 7) is 1.59. The highest BCUT2D eigenvalue weighted by atomic mass is 79.9. The van der Waals surface area contributed by atoms with Gasteiger partial charge in [0.15, 0.2) is 17.6 Å². The van der Waals surface area contributed by atoms with Gasteiger partial charge in [-0.05, 0) is 69.8 Å². The van der Waals surface area contributed by atoms with E-state index >= 15 is 0 Å². The van der Waals surface area contributed by atoms with Crippen LogP contribution in [-0.4, -0.2) is 42.2 Å². The number of para-hydroxylation sites is 1. The second kappa shape index (κ2) is 11.6. The van der Waals surface area contributed by atoms with Crippen LogP contribution in [0.4, 0.5) is 0 Å². The summed E-state index contributed by atoms with van der Waals surface area (Å²) in [4.78, 5) is 30.2. The largest absolute Gasteiger partial charge is 0.493 e. The van der Waals surface area contributed by atoms with Crippen molar-refractivity contribution < 1.29 is 19.0 Å². The Bertz CT molecular complexity index is 1370. The Kier molecular flexibility index (Phi) is 8.46. The second-order valence-electron chi connectivity index (χ2n) is 8.59. The van der Waals surface area contributed by atoms with Crippen molar-refractivity contribution >= 4 is 54.9 Å². The zero-order valence-electron chi connectivity index (χ0n) is 20.3. The number of aromatic nitrogens is 2. The number of ether oxygens (including phenoxy) is 3. The van der Waals surface area contributed by atoms with Gasteiger partial charge in [-0.1, -0.05) is 31.4 Å². The molecule has 4 rings (SSSR count). The molecule has 0 saturated heterocycles. The molecule has 0 unspecified atom stereocenters. The third kappa shape index (κ3) is 5.34. The van der Waals surface area contributed by atoms with Gasteiger partial charge < -0.3 is 14.2 Å². The fourth-order valence-corrected chi connectivity index (χ4v) is 5.26. The molecule has 1 heterocycles. The van der Waals surface area contributed by atoms with Gasteiger partial charge in [-0.15, -0.1) is 0 Å². The number of hydrogen-bond donors (Lipinski definition) is 0. The molecule has 0 spiro atoms. The van der Waals surface area contributed by atoms with E-state index in [4.69, 9.17) is 19.2 Å². The van der Waals surface area contributed by atoms with E-state index in [1.165, 1.54) is 25.3 Å². The number of carbonyl (C=O) groups excluding carboxylic acids is 1. The summed E-state index contributed by atoms with van der Waals surface area (Å²) in [7, 11) is 2.81. The Hall–Kier alpha value is -2.72. The van der Waals surface area contributed by atoms with E-state index in [1.807, 2.05) is 18.2 Å².